The van der Waals surface area contributed by atoms with Crippen molar-refractivity contribution in [1.29, 1.82) is 0 Å². The van der Waals surface area contributed by atoms with Crippen molar-refractivity contribution < 1.29 is 18.7 Å². The summed E-state index contributed by atoms with van der Waals surface area (Å²) in [7, 11) is 3.13. The summed E-state index contributed by atoms with van der Waals surface area (Å²) >= 11 is 0. The number of hydrogen-bond donors (Lipinski definition) is 1. The molecule has 1 aromatic heterocycles. The molecule has 6 heteroatoms. The van der Waals surface area contributed by atoms with Gasteiger partial charge >= 0.3 is 0 Å². The SMILES string of the molecule is COc1ccc(/C=N\NC(=O)c2cc(C)oc2C)cc1OC. The normalized spacial score (nSPS) is 10.7. The van der Waals surface area contributed by atoms with Gasteiger partial charge in [0.2, 0.25) is 0 Å². The first-order valence-electron chi connectivity index (χ1n) is 6.67. The molecule has 1 heterocycles. The lowest BCUT2D eigenvalue weighted by molar-refractivity contribution is 0.0953. The Balaban J connectivity index is 2.06. The van der Waals surface area contributed by atoms with E-state index in [1.54, 1.807) is 46.3 Å². The number of ether oxygens (including phenoxy) is 2. The largest absolute Gasteiger partial charge is 0.493 e. The first-order valence-corrected chi connectivity index (χ1v) is 6.67. The van der Waals surface area contributed by atoms with Crippen LogP contribution in [0.3, 0.4) is 0 Å². The van der Waals surface area contributed by atoms with Gasteiger partial charge < -0.3 is 13.9 Å². The molecule has 6 nitrogen and oxygen atoms in total. The third kappa shape index (κ3) is 3.46. The minimum absolute atomic E-state index is 0.314. The highest BCUT2D eigenvalue weighted by Gasteiger charge is 2.12. The summed E-state index contributed by atoms with van der Waals surface area (Å²) in [4.78, 5) is 12.0. The van der Waals surface area contributed by atoms with Crippen LogP contribution in [0, 0.1) is 13.8 Å². The van der Waals surface area contributed by atoms with E-state index in [4.69, 9.17) is 13.9 Å². The molecule has 2 aromatic rings. The summed E-state index contributed by atoms with van der Waals surface area (Å²) in [5, 5.41) is 3.94. The van der Waals surface area contributed by atoms with Crippen LogP contribution in [-0.2, 0) is 0 Å². The summed E-state index contributed by atoms with van der Waals surface area (Å²) in [5.41, 5.74) is 3.72. The van der Waals surface area contributed by atoms with Crippen molar-refractivity contribution in [3.8, 4) is 11.5 Å². The monoisotopic (exact) mass is 302 g/mol. The van der Waals surface area contributed by atoms with Gasteiger partial charge in [-0.25, -0.2) is 5.43 Å². The van der Waals surface area contributed by atoms with Gasteiger partial charge in [0.15, 0.2) is 11.5 Å². The third-order valence-corrected chi connectivity index (χ3v) is 3.07. The fourth-order valence-electron chi connectivity index (χ4n) is 2.02. The second kappa shape index (κ2) is 6.80. The standard InChI is InChI=1S/C16H18N2O4/c1-10-7-13(11(2)22-10)16(19)18-17-9-12-5-6-14(20-3)15(8-12)21-4/h5-9H,1-4H3,(H,18,19)/b17-9-. The number of amides is 1. The summed E-state index contributed by atoms with van der Waals surface area (Å²) in [5.74, 6) is 2.17. The Morgan fingerprint density at radius 2 is 1.91 bits per heavy atom. The molecule has 0 spiro atoms. The molecule has 0 fully saturated rings. The van der Waals surface area contributed by atoms with Gasteiger partial charge in [0.1, 0.15) is 11.5 Å². The number of methoxy groups -OCH3 is 2. The Morgan fingerprint density at radius 3 is 2.50 bits per heavy atom. The Bertz CT molecular complexity index is 704. The molecule has 0 radical (unpaired) electrons. The highest BCUT2D eigenvalue weighted by molar-refractivity contribution is 5.95. The molecule has 22 heavy (non-hydrogen) atoms. The van der Waals surface area contributed by atoms with Crippen molar-refractivity contribution >= 4 is 12.1 Å². The smallest absolute Gasteiger partial charge is 0.274 e. The van der Waals surface area contributed by atoms with Crippen molar-refractivity contribution in [2.45, 2.75) is 13.8 Å². The molecular formula is C16H18N2O4. The van der Waals surface area contributed by atoms with Crippen LogP contribution in [0.15, 0.2) is 33.8 Å². The first-order chi connectivity index (χ1) is 10.5. The number of nitrogens with zero attached hydrogens (tertiary/aromatic N) is 1. The number of nitrogens with one attached hydrogen (secondary N) is 1. The number of benzene rings is 1. The molecule has 0 unspecified atom stereocenters. The maximum Gasteiger partial charge on any atom is 0.274 e. The highest BCUT2D eigenvalue weighted by atomic mass is 16.5. The number of hydrazone groups is 1. The molecule has 1 aromatic carbocycles. The molecule has 0 saturated heterocycles. The van der Waals surface area contributed by atoms with Crippen LogP contribution in [-0.4, -0.2) is 26.3 Å². The average molecular weight is 302 g/mol. The molecular weight excluding hydrogens is 284 g/mol. The maximum atomic E-state index is 12.0. The Morgan fingerprint density at radius 1 is 1.18 bits per heavy atom. The average Bonchev–Trinajstić information content (AvgIpc) is 2.85. The molecule has 0 saturated carbocycles. The van der Waals surface area contributed by atoms with E-state index in [1.807, 2.05) is 6.07 Å². The van der Waals surface area contributed by atoms with Crippen LogP contribution in [0.5, 0.6) is 11.5 Å². The minimum atomic E-state index is -0.314. The van der Waals surface area contributed by atoms with Crippen LogP contribution in [0.25, 0.3) is 0 Å². The van der Waals surface area contributed by atoms with Crippen molar-refractivity contribution in [1.82, 2.24) is 5.43 Å². The summed E-state index contributed by atoms with van der Waals surface area (Å²) in [6.07, 6.45) is 1.53. The van der Waals surface area contributed by atoms with E-state index in [2.05, 4.69) is 10.5 Å². The number of aryl methyl sites for hydroxylation is 2. The van der Waals surface area contributed by atoms with E-state index in [-0.39, 0.29) is 5.91 Å². The zero-order chi connectivity index (χ0) is 16.1. The van der Waals surface area contributed by atoms with Crippen LogP contribution in [0.1, 0.15) is 27.4 Å². The molecule has 1 amide bonds. The fourth-order valence-corrected chi connectivity index (χ4v) is 2.02. The van der Waals surface area contributed by atoms with E-state index in [0.717, 1.165) is 5.56 Å². The van der Waals surface area contributed by atoms with Crippen LogP contribution < -0.4 is 14.9 Å². The first kappa shape index (κ1) is 15.6. The van der Waals surface area contributed by atoms with Crippen molar-refractivity contribution in [3.63, 3.8) is 0 Å². The van der Waals surface area contributed by atoms with E-state index in [1.165, 1.54) is 6.21 Å². The van der Waals surface area contributed by atoms with Gasteiger partial charge in [-0.3, -0.25) is 4.79 Å². The minimum Gasteiger partial charge on any atom is -0.493 e. The van der Waals surface area contributed by atoms with Gasteiger partial charge in [-0.2, -0.15) is 5.10 Å². The predicted octanol–water partition coefficient (Wildman–Crippen LogP) is 2.68. The van der Waals surface area contributed by atoms with Gasteiger partial charge in [0, 0.05) is 0 Å². The zero-order valence-electron chi connectivity index (χ0n) is 13.0. The summed E-state index contributed by atoms with van der Waals surface area (Å²) in [6, 6.07) is 7.02. The fraction of sp³-hybridized carbons (Fsp3) is 0.250. The molecule has 0 aliphatic carbocycles. The quantitative estimate of drug-likeness (QED) is 0.681. The highest BCUT2D eigenvalue weighted by Crippen LogP contribution is 2.26. The summed E-state index contributed by atoms with van der Waals surface area (Å²) < 4.78 is 15.7. The van der Waals surface area contributed by atoms with Crippen LogP contribution in [0.2, 0.25) is 0 Å². The Kier molecular flexibility index (Phi) is 4.83. The molecule has 0 aliphatic heterocycles. The van der Waals surface area contributed by atoms with Gasteiger partial charge in [0.25, 0.3) is 5.91 Å². The molecule has 0 aliphatic rings. The third-order valence-electron chi connectivity index (χ3n) is 3.07. The van der Waals surface area contributed by atoms with E-state index < -0.39 is 0 Å². The van der Waals surface area contributed by atoms with Gasteiger partial charge in [-0.15, -0.1) is 0 Å². The van der Waals surface area contributed by atoms with E-state index >= 15 is 0 Å². The van der Waals surface area contributed by atoms with Crippen molar-refractivity contribution in [3.05, 3.63) is 46.9 Å². The van der Waals surface area contributed by atoms with Gasteiger partial charge in [0.05, 0.1) is 26.0 Å². The Hall–Kier alpha value is -2.76. The molecule has 116 valence electrons. The Labute approximate surface area is 128 Å². The second-order valence-electron chi connectivity index (χ2n) is 4.64. The van der Waals surface area contributed by atoms with Crippen molar-refractivity contribution in [2.24, 2.45) is 5.10 Å². The van der Waals surface area contributed by atoms with Crippen LogP contribution >= 0.6 is 0 Å². The lowest BCUT2D eigenvalue weighted by Crippen LogP contribution is -2.17. The second-order valence-corrected chi connectivity index (χ2v) is 4.64. The maximum absolute atomic E-state index is 12.0. The topological polar surface area (TPSA) is 73.1 Å². The summed E-state index contributed by atoms with van der Waals surface area (Å²) in [6.45, 7) is 3.52. The number of rotatable bonds is 5. The lowest BCUT2D eigenvalue weighted by Gasteiger charge is -2.07. The number of carbonyl (C=O) groups is 1. The van der Waals surface area contributed by atoms with E-state index in [9.17, 15) is 4.79 Å². The van der Waals surface area contributed by atoms with Crippen LogP contribution in [0.4, 0.5) is 0 Å². The van der Waals surface area contributed by atoms with E-state index in [0.29, 0.717) is 28.6 Å². The number of carbonyl (C=O) groups excluding carboxylic acids is 1. The zero-order valence-corrected chi connectivity index (χ0v) is 13.0. The van der Waals surface area contributed by atoms with Gasteiger partial charge in [-0.05, 0) is 43.7 Å². The molecule has 0 atom stereocenters. The predicted molar refractivity (Wildman–Crippen MR) is 82.8 cm³/mol. The van der Waals surface area contributed by atoms with Gasteiger partial charge in [-0.1, -0.05) is 0 Å². The lowest BCUT2D eigenvalue weighted by atomic mass is 10.2. The molecule has 1 N–H and O–H groups in total. The molecule has 0 bridgehead atoms. The van der Waals surface area contributed by atoms with Crippen molar-refractivity contribution in [2.75, 3.05) is 14.2 Å². The molecule has 2 rings (SSSR count). The number of furan rings is 1. The number of hydrogen-bond acceptors (Lipinski definition) is 5.